The first-order valence-electron chi connectivity index (χ1n) is 7.68. The summed E-state index contributed by atoms with van der Waals surface area (Å²) in [6.45, 7) is 5.40. The summed E-state index contributed by atoms with van der Waals surface area (Å²) in [5.74, 6) is -0.556. The average Bonchev–Trinajstić information content (AvgIpc) is 2.99. The number of carboxylic acids is 1. The molecule has 0 saturated carbocycles. The zero-order valence-corrected chi connectivity index (χ0v) is 14.2. The Morgan fingerprint density at radius 3 is 2.56 bits per heavy atom. The van der Waals surface area contributed by atoms with Gasteiger partial charge < -0.3 is 14.8 Å². The Hall–Kier alpha value is -3.33. The predicted molar refractivity (Wildman–Crippen MR) is 92.7 cm³/mol. The molecule has 1 aromatic carbocycles. The Morgan fingerprint density at radius 1 is 1.28 bits per heavy atom. The molecule has 0 bridgehead atoms. The van der Waals surface area contributed by atoms with Gasteiger partial charge >= 0.3 is 5.97 Å². The molecule has 2 rings (SSSR count). The number of furan rings is 1. The van der Waals surface area contributed by atoms with Crippen LogP contribution in [0.1, 0.15) is 35.5 Å². The largest absolute Gasteiger partial charge is 0.478 e. The molecule has 0 aliphatic rings. The molecular weight excluding hydrogens is 320 g/mol. The summed E-state index contributed by atoms with van der Waals surface area (Å²) in [5, 5.41) is 20.8. The Morgan fingerprint density at radius 2 is 2.00 bits per heavy atom. The van der Waals surface area contributed by atoms with Crippen LogP contribution in [0.15, 0.2) is 40.3 Å². The third-order valence-corrected chi connectivity index (χ3v) is 3.44. The van der Waals surface area contributed by atoms with Crippen LogP contribution in [0.3, 0.4) is 0 Å². The summed E-state index contributed by atoms with van der Waals surface area (Å²) in [7, 11) is 0. The zero-order chi connectivity index (χ0) is 18.6. The van der Waals surface area contributed by atoms with Crippen LogP contribution in [0.2, 0.25) is 0 Å². The number of rotatable bonds is 5. The van der Waals surface area contributed by atoms with E-state index >= 15 is 0 Å². The number of hydrogen-bond acceptors (Lipinski definition) is 4. The van der Waals surface area contributed by atoms with Gasteiger partial charge in [-0.3, -0.25) is 4.79 Å². The van der Waals surface area contributed by atoms with E-state index in [0.29, 0.717) is 11.5 Å². The van der Waals surface area contributed by atoms with Crippen molar-refractivity contribution < 1.29 is 19.1 Å². The predicted octanol–water partition coefficient (Wildman–Crippen LogP) is 3.38. The molecule has 0 spiro atoms. The molecule has 6 nitrogen and oxygen atoms in total. The lowest BCUT2D eigenvalue weighted by atomic mass is 10.0. The highest BCUT2D eigenvalue weighted by Gasteiger charge is 2.13. The highest BCUT2D eigenvalue weighted by atomic mass is 16.4. The molecule has 128 valence electrons. The molecule has 1 heterocycles. The van der Waals surface area contributed by atoms with Crippen molar-refractivity contribution in [3.63, 3.8) is 0 Å². The normalized spacial score (nSPS) is 11.2. The van der Waals surface area contributed by atoms with Crippen molar-refractivity contribution in [3.05, 3.63) is 52.8 Å². The number of amides is 1. The van der Waals surface area contributed by atoms with E-state index in [1.807, 2.05) is 6.07 Å². The van der Waals surface area contributed by atoms with Gasteiger partial charge in [0, 0.05) is 17.7 Å². The first kappa shape index (κ1) is 18.0. The van der Waals surface area contributed by atoms with E-state index in [1.165, 1.54) is 12.1 Å². The SMILES string of the molecule is Cc1cc(C(=O)O)ccc1-c1ccc(/C=C(/C#N)C(=O)NC(C)C)o1. The number of nitriles is 1. The maximum absolute atomic E-state index is 11.9. The summed E-state index contributed by atoms with van der Waals surface area (Å²) < 4.78 is 5.68. The molecule has 1 aromatic heterocycles. The van der Waals surface area contributed by atoms with Crippen LogP contribution < -0.4 is 5.32 Å². The number of nitrogens with zero attached hydrogens (tertiary/aromatic N) is 1. The first-order valence-corrected chi connectivity index (χ1v) is 7.68. The number of aromatic carboxylic acids is 1. The molecule has 0 radical (unpaired) electrons. The lowest BCUT2D eigenvalue weighted by molar-refractivity contribution is -0.117. The monoisotopic (exact) mass is 338 g/mol. The first-order chi connectivity index (χ1) is 11.8. The standard InChI is InChI=1S/C19H18N2O4/c1-11(2)21-18(22)14(10-20)9-15-5-7-17(25-15)16-6-4-13(19(23)24)8-12(16)3/h4-9,11H,1-3H3,(H,21,22)(H,23,24)/b14-9-. The zero-order valence-electron chi connectivity index (χ0n) is 14.2. The van der Waals surface area contributed by atoms with Crippen molar-refractivity contribution in [1.29, 1.82) is 5.26 Å². The molecule has 2 N–H and O–H groups in total. The number of aryl methyl sites for hydroxylation is 1. The van der Waals surface area contributed by atoms with E-state index in [0.717, 1.165) is 11.1 Å². The van der Waals surface area contributed by atoms with Gasteiger partial charge in [-0.15, -0.1) is 0 Å². The van der Waals surface area contributed by atoms with Crippen molar-refractivity contribution in [2.45, 2.75) is 26.8 Å². The van der Waals surface area contributed by atoms with Gasteiger partial charge in [-0.05, 0) is 50.6 Å². The van der Waals surface area contributed by atoms with Crippen LogP contribution in [0.4, 0.5) is 0 Å². The molecule has 1 amide bonds. The van der Waals surface area contributed by atoms with Gasteiger partial charge in [0.25, 0.3) is 5.91 Å². The van der Waals surface area contributed by atoms with Gasteiger partial charge in [0.1, 0.15) is 23.2 Å². The Bertz CT molecular complexity index is 885. The molecule has 0 saturated heterocycles. The van der Waals surface area contributed by atoms with Crippen LogP contribution in [0.25, 0.3) is 17.4 Å². The van der Waals surface area contributed by atoms with E-state index in [2.05, 4.69) is 5.32 Å². The van der Waals surface area contributed by atoms with Gasteiger partial charge in [0.05, 0.1) is 5.56 Å². The second kappa shape index (κ2) is 7.49. The van der Waals surface area contributed by atoms with Crippen molar-refractivity contribution >= 4 is 18.0 Å². The fourth-order valence-corrected chi connectivity index (χ4v) is 2.28. The third kappa shape index (κ3) is 4.36. The average molecular weight is 338 g/mol. The smallest absolute Gasteiger partial charge is 0.335 e. The van der Waals surface area contributed by atoms with E-state index < -0.39 is 11.9 Å². The maximum atomic E-state index is 11.9. The number of nitrogens with one attached hydrogen (secondary N) is 1. The molecule has 0 unspecified atom stereocenters. The number of benzene rings is 1. The fourth-order valence-electron chi connectivity index (χ4n) is 2.28. The van der Waals surface area contributed by atoms with Crippen LogP contribution in [-0.4, -0.2) is 23.0 Å². The van der Waals surface area contributed by atoms with E-state index in [9.17, 15) is 9.59 Å². The molecule has 0 aliphatic heterocycles. The number of hydrogen-bond donors (Lipinski definition) is 2. The number of carboxylic acid groups (broad SMARTS) is 1. The summed E-state index contributed by atoms with van der Waals surface area (Å²) in [6, 6.07) is 9.88. The summed E-state index contributed by atoms with van der Waals surface area (Å²) in [5.41, 5.74) is 1.65. The highest BCUT2D eigenvalue weighted by molar-refractivity contribution is 6.01. The third-order valence-electron chi connectivity index (χ3n) is 3.44. The molecule has 0 atom stereocenters. The summed E-state index contributed by atoms with van der Waals surface area (Å²) >= 11 is 0. The molecule has 25 heavy (non-hydrogen) atoms. The lowest BCUT2D eigenvalue weighted by Gasteiger charge is -2.06. The van der Waals surface area contributed by atoms with Gasteiger partial charge in [0.15, 0.2) is 0 Å². The van der Waals surface area contributed by atoms with Crippen molar-refractivity contribution in [3.8, 4) is 17.4 Å². The molecular formula is C19H18N2O4. The molecule has 6 heteroatoms. The fraction of sp³-hybridized carbons (Fsp3) is 0.211. The van der Waals surface area contributed by atoms with E-state index in [-0.39, 0.29) is 17.2 Å². The molecule has 2 aromatic rings. The van der Waals surface area contributed by atoms with Gasteiger partial charge in [-0.25, -0.2) is 4.79 Å². The summed E-state index contributed by atoms with van der Waals surface area (Å²) in [4.78, 5) is 22.9. The lowest BCUT2D eigenvalue weighted by Crippen LogP contribution is -2.30. The van der Waals surface area contributed by atoms with Crippen LogP contribution in [0.5, 0.6) is 0 Å². The van der Waals surface area contributed by atoms with Crippen molar-refractivity contribution in [2.24, 2.45) is 0 Å². The van der Waals surface area contributed by atoms with Crippen LogP contribution >= 0.6 is 0 Å². The molecule has 0 aliphatic carbocycles. The minimum absolute atomic E-state index is 0.0486. The van der Waals surface area contributed by atoms with E-state index in [1.54, 1.807) is 45.0 Å². The number of carbonyl (C=O) groups excluding carboxylic acids is 1. The maximum Gasteiger partial charge on any atom is 0.335 e. The Kier molecular flexibility index (Phi) is 5.40. The van der Waals surface area contributed by atoms with Gasteiger partial charge in [-0.2, -0.15) is 5.26 Å². The summed E-state index contributed by atoms with van der Waals surface area (Å²) in [6.07, 6.45) is 1.38. The van der Waals surface area contributed by atoms with Gasteiger partial charge in [-0.1, -0.05) is 6.07 Å². The van der Waals surface area contributed by atoms with E-state index in [4.69, 9.17) is 14.8 Å². The van der Waals surface area contributed by atoms with Crippen molar-refractivity contribution in [1.82, 2.24) is 5.32 Å². The van der Waals surface area contributed by atoms with Crippen LogP contribution in [0, 0.1) is 18.3 Å². The second-order valence-corrected chi connectivity index (χ2v) is 5.83. The Labute approximate surface area is 145 Å². The van der Waals surface area contributed by atoms with Crippen molar-refractivity contribution in [2.75, 3.05) is 0 Å². The minimum Gasteiger partial charge on any atom is -0.478 e. The molecule has 0 fully saturated rings. The highest BCUT2D eigenvalue weighted by Crippen LogP contribution is 2.27. The van der Waals surface area contributed by atoms with Gasteiger partial charge in [0.2, 0.25) is 0 Å². The Balaban J connectivity index is 2.31. The quantitative estimate of drug-likeness (QED) is 0.642. The number of carbonyl (C=O) groups is 2. The minimum atomic E-state index is -0.993. The topological polar surface area (TPSA) is 103 Å². The second-order valence-electron chi connectivity index (χ2n) is 5.83. The van der Waals surface area contributed by atoms with Crippen LogP contribution in [-0.2, 0) is 4.79 Å².